The SMILES string of the molecule is CCN1C(=O)c2cc(NC(N)=S)ccc2Oc2ccccc21. The largest absolute Gasteiger partial charge is 0.454 e. The predicted octanol–water partition coefficient (Wildman–Crippen LogP) is 3.11. The van der Waals surface area contributed by atoms with Gasteiger partial charge in [-0.05, 0) is 49.5 Å². The first kappa shape index (κ1) is 14.3. The Morgan fingerprint density at radius 3 is 2.77 bits per heavy atom. The monoisotopic (exact) mass is 313 g/mol. The highest BCUT2D eigenvalue weighted by atomic mass is 32.1. The Morgan fingerprint density at radius 1 is 1.27 bits per heavy atom. The van der Waals surface area contributed by atoms with Gasteiger partial charge in [-0.1, -0.05) is 12.1 Å². The molecule has 2 aromatic rings. The van der Waals surface area contributed by atoms with E-state index in [-0.39, 0.29) is 11.0 Å². The highest BCUT2D eigenvalue weighted by Gasteiger charge is 2.27. The highest BCUT2D eigenvalue weighted by molar-refractivity contribution is 7.80. The number of nitrogens with two attached hydrogens (primary N) is 1. The fourth-order valence-corrected chi connectivity index (χ4v) is 2.58. The smallest absolute Gasteiger partial charge is 0.262 e. The summed E-state index contributed by atoms with van der Waals surface area (Å²) in [4.78, 5) is 14.5. The van der Waals surface area contributed by atoms with Gasteiger partial charge in [0.1, 0.15) is 5.75 Å². The third-order valence-electron chi connectivity index (χ3n) is 3.41. The molecule has 22 heavy (non-hydrogen) atoms. The predicted molar refractivity (Wildman–Crippen MR) is 90.7 cm³/mol. The Morgan fingerprint density at radius 2 is 2.05 bits per heavy atom. The van der Waals surface area contributed by atoms with Gasteiger partial charge in [0.2, 0.25) is 0 Å². The number of benzene rings is 2. The minimum Gasteiger partial charge on any atom is -0.454 e. The topological polar surface area (TPSA) is 67.6 Å². The van der Waals surface area contributed by atoms with Crippen molar-refractivity contribution < 1.29 is 9.53 Å². The lowest BCUT2D eigenvalue weighted by Gasteiger charge is -2.19. The van der Waals surface area contributed by atoms with Gasteiger partial charge in [-0.3, -0.25) is 4.79 Å². The van der Waals surface area contributed by atoms with E-state index >= 15 is 0 Å². The molecule has 6 heteroatoms. The van der Waals surface area contributed by atoms with Crippen molar-refractivity contribution >= 4 is 34.6 Å². The van der Waals surface area contributed by atoms with E-state index in [4.69, 9.17) is 22.7 Å². The van der Waals surface area contributed by atoms with Crippen molar-refractivity contribution in [2.24, 2.45) is 5.73 Å². The van der Waals surface area contributed by atoms with Gasteiger partial charge in [0.05, 0.1) is 11.3 Å². The fourth-order valence-electron chi connectivity index (χ4n) is 2.46. The summed E-state index contributed by atoms with van der Waals surface area (Å²) in [5.74, 6) is 1.06. The molecule has 0 saturated heterocycles. The zero-order valence-corrected chi connectivity index (χ0v) is 12.8. The Labute approximate surface area is 133 Å². The van der Waals surface area contributed by atoms with Crippen molar-refractivity contribution in [3.8, 4) is 11.5 Å². The summed E-state index contributed by atoms with van der Waals surface area (Å²) >= 11 is 4.83. The van der Waals surface area contributed by atoms with Crippen LogP contribution in [0.2, 0.25) is 0 Å². The van der Waals surface area contributed by atoms with Gasteiger partial charge in [0.15, 0.2) is 10.9 Å². The molecule has 0 saturated carbocycles. The third-order valence-corrected chi connectivity index (χ3v) is 3.52. The zero-order valence-electron chi connectivity index (χ0n) is 12.0. The Kier molecular flexibility index (Phi) is 3.68. The van der Waals surface area contributed by atoms with Crippen molar-refractivity contribution in [1.29, 1.82) is 0 Å². The molecule has 0 aliphatic carbocycles. The number of anilines is 2. The van der Waals surface area contributed by atoms with Gasteiger partial charge in [-0.15, -0.1) is 0 Å². The van der Waals surface area contributed by atoms with Gasteiger partial charge in [0.25, 0.3) is 5.91 Å². The molecule has 1 heterocycles. The van der Waals surface area contributed by atoms with Gasteiger partial charge in [-0.2, -0.15) is 0 Å². The van der Waals surface area contributed by atoms with Crippen LogP contribution in [0.15, 0.2) is 42.5 Å². The Bertz CT molecular complexity index is 761. The minimum atomic E-state index is -0.117. The third kappa shape index (κ3) is 2.48. The van der Waals surface area contributed by atoms with E-state index in [1.165, 1.54) is 0 Å². The normalized spacial score (nSPS) is 12.8. The number of rotatable bonds is 2. The van der Waals surface area contributed by atoms with Crippen LogP contribution in [0.1, 0.15) is 17.3 Å². The fraction of sp³-hybridized carbons (Fsp3) is 0.125. The second-order valence-electron chi connectivity index (χ2n) is 4.82. The van der Waals surface area contributed by atoms with Crippen LogP contribution in [0, 0.1) is 0 Å². The number of carbonyl (C=O) groups excluding carboxylic acids is 1. The molecule has 0 radical (unpaired) electrons. The summed E-state index contributed by atoms with van der Waals surface area (Å²) in [5.41, 5.74) is 7.37. The molecule has 3 rings (SSSR count). The molecule has 0 aromatic heterocycles. The van der Waals surface area contributed by atoms with Crippen LogP contribution in [-0.2, 0) is 0 Å². The number of fused-ring (bicyclic) bond motifs is 2. The number of carbonyl (C=O) groups is 1. The quantitative estimate of drug-likeness (QED) is 0.834. The molecule has 0 bridgehead atoms. The zero-order chi connectivity index (χ0) is 15.7. The number of para-hydroxylation sites is 2. The molecular weight excluding hydrogens is 298 g/mol. The molecular formula is C16H15N3O2S. The van der Waals surface area contributed by atoms with E-state index < -0.39 is 0 Å². The van der Waals surface area contributed by atoms with Gasteiger partial charge in [0, 0.05) is 12.2 Å². The van der Waals surface area contributed by atoms with Crippen LogP contribution in [0.5, 0.6) is 11.5 Å². The van der Waals surface area contributed by atoms with Crippen molar-refractivity contribution in [3.05, 3.63) is 48.0 Å². The van der Waals surface area contributed by atoms with Crippen LogP contribution in [0.3, 0.4) is 0 Å². The van der Waals surface area contributed by atoms with E-state index in [2.05, 4.69) is 5.32 Å². The van der Waals surface area contributed by atoms with Crippen molar-refractivity contribution in [1.82, 2.24) is 0 Å². The van der Waals surface area contributed by atoms with Crippen molar-refractivity contribution in [3.63, 3.8) is 0 Å². The van der Waals surface area contributed by atoms with E-state index in [9.17, 15) is 4.79 Å². The number of hydrogen-bond acceptors (Lipinski definition) is 3. The molecule has 1 aliphatic heterocycles. The molecule has 3 N–H and O–H groups in total. The summed E-state index contributed by atoms with van der Waals surface area (Å²) < 4.78 is 5.91. The average molecular weight is 313 g/mol. The molecule has 5 nitrogen and oxygen atoms in total. The standard InChI is InChI=1S/C16H15N3O2S/c1-2-19-12-5-3-4-6-14(12)21-13-8-7-10(18-16(17)22)9-11(13)15(19)20/h3-9H,2H2,1H3,(H3,17,18,22). The molecule has 0 unspecified atom stereocenters. The lowest BCUT2D eigenvalue weighted by atomic mass is 10.1. The van der Waals surface area contributed by atoms with Crippen LogP contribution >= 0.6 is 12.2 Å². The van der Waals surface area contributed by atoms with E-state index in [1.807, 2.05) is 31.2 Å². The van der Waals surface area contributed by atoms with Crippen molar-refractivity contribution in [2.75, 3.05) is 16.8 Å². The number of nitrogens with zero attached hydrogens (tertiary/aromatic N) is 1. The number of ether oxygens (including phenoxy) is 1. The Balaban J connectivity index is 2.11. The summed E-state index contributed by atoms with van der Waals surface area (Å²) in [7, 11) is 0. The van der Waals surface area contributed by atoms with Gasteiger partial charge < -0.3 is 20.7 Å². The average Bonchev–Trinajstić information content (AvgIpc) is 2.61. The molecule has 0 fully saturated rings. The maximum Gasteiger partial charge on any atom is 0.262 e. The minimum absolute atomic E-state index is 0.117. The van der Waals surface area contributed by atoms with Crippen molar-refractivity contribution in [2.45, 2.75) is 6.92 Å². The highest BCUT2D eigenvalue weighted by Crippen LogP contribution is 2.39. The van der Waals surface area contributed by atoms with Crippen LogP contribution < -0.4 is 20.7 Å². The maximum atomic E-state index is 12.8. The lowest BCUT2D eigenvalue weighted by molar-refractivity contribution is 0.0988. The van der Waals surface area contributed by atoms with E-state index in [0.29, 0.717) is 29.3 Å². The first-order valence-electron chi connectivity index (χ1n) is 6.89. The molecule has 1 amide bonds. The number of amides is 1. The van der Waals surface area contributed by atoms with Crippen LogP contribution in [0.25, 0.3) is 0 Å². The number of nitrogens with one attached hydrogen (secondary N) is 1. The lowest BCUT2D eigenvalue weighted by Crippen LogP contribution is -2.30. The molecule has 0 spiro atoms. The molecule has 2 aromatic carbocycles. The number of hydrogen-bond donors (Lipinski definition) is 2. The Hall–Kier alpha value is -2.60. The maximum absolute atomic E-state index is 12.8. The summed E-state index contributed by atoms with van der Waals surface area (Å²) in [5, 5.41) is 2.98. The number of thiocarbonyl (C=S) groups is 1. The molecule has 1 aliphatic rings. The van der Waals surface area contributed by atoms with Crippen LogP contribution in [-0.4, -0.2) is 17.6 Å². The van der Waals surface area contributed by atoms with E-state index in [1.54, 1.807) is 23.1 Å². The first-order valence-corrected chi connectivity index (χ1v) is 7.30. The van der Waals surface area contributed by atoms with Gasteiger partial charge in [-0.25, -0.2) is 0 Å². The summed E-state index contributed by atoms with van der Waals surface area (Å²) in [6.45, 7) is 2.47. The van der Waals surface area contributed by atoms with Gasteiger partial charge >= 0.3 is 0 Å². The second kappa shape index (κ2) is 5.65. The summed E-state index contributed by atoms with van der Waals surface area (Å²) in [6, 6.07) is 12.7. The van der Waals surface area contributed by atoms with E-state index in [0.717, 1.165) is 5.69 Å². The molecule has 0 atom stereocenters. The summed E-state index contributed by atoms with van der Waals surface area (Å²) in [6.07, 6.45) is 0. The first-order chi connectivity index (χ1) is 10.6. The van der Waals surface area contributed by atoms with Crippen LogP contribution in [0.4, 0.5) is 11.4 Å². The second-order valence-corrected chi connectivity index (χ2v) is 5.26. The molecule has 112 valence electrons.